The normalized spacial score (nSPS) is 11.1. The summed E-state index contributed by atoms with van der Waals surface area (Å²) in [5.41, 5.74) is 1.50. The lowest BCUT2D eigenvalue weighted by atomic mass is 10.1. The fourth-order valence-electron chi connectivity index (χ4n) is 3.14. The highest BCUT2D eigenvalue weighted by molar-refractivity contribution is 7.92. The lowest BCUT2D eigenvalue weighted by Gasteiger charge is -2.24. The molecule has 32 heavy (non-hydrogen) atoms. The average Bonchev–Trinajstić information content (AvgIpc) is 2.82. The van der Waals surface area contributed by atoms with Gasteiger partial charge in [-0.05, 0) is 66.9 Å². The van der Waals surface area contributed by atoms with Gasteiger partial charge >= 0.3 is 0 Å². The van der Waals surface area contributed by atoms with Crippen LogP contribution >= 0.6 is 11.6 Å². The monoisotopic (exact) mass is 472 g/mol. The summed E-state index contributed by atoms with van der Waals surface area (Å²) in [6.07, 6.45) is 1.50. The summed E-state index contributed by atoms with van der Waals surface area (Å²) in [6.45, 7) is 0.105. The van der Waals surface area contributed by atoms with E-state index in [0.717, 1.165) is 22.7 Å². The summed E-state index contributed by atoms with van der Waals surface area (Å²) in [4.78, 5) is 12.7. The Morgan fingerprint density at radius 1 is 0.969 bits per heavy atom. The van der Waals surface area contributed by atoms with Crippen LogP contribution in [0.5, 0.6) is 5.75 Å². The predicted octanol–water partition coefficient (Wildman–Crippen LogP) is 4.29. The van der Waals surface area contributed by atoms with Crippen LogP contribution in [0.25, 0.3) is 0 Å². The zero-order valence-electron chi connectivity index (χ0n) is 17.7. The van der Waals surface area contributed by atoms with Gasteiger partial charge in [0.2, 0.25) is 5.91 Å². The Balaban J connectivity index is 1.69. The Hall–Kier alpha value is -3.03. The maximum Gasteiger partial charge on any atom is 0.264 e. The van der Waals surface area contributed by atoms with Crippen molar-refractivity contribution in [1.82, 2.24) is 5.32 Å². The van der Waals surface area contributed by atoms with Crippen LogP contribution in [-0.2, 0) is 21.2 Å². The molecule has 0 fully saturated rings. The fourth-order valence-corrected chi connectivity index (χ4v) is 4.71. The van der Waals surface area contributed by atoms with Gasteiger partial charge in [0.25, 0.3) is 10.0 Å². The molecule has 1 amide bonds. The maximum atomic E-state index is 13.3. The van der Waals surface area contributed by atoms with E-state index in [1.165, 1.54) is 19.2 Å². The molecule has 0 spiro atoms. The zero-order valence-corrected chi connectivity index (χ0v) is 19.3. The number of hydrogen-bond donors (Lipinski definition) is 1. The quantitative estimate of drug-likeness (QED) is 0.446. The van der Waals surface area contributed by atoms with E-state index in [9.17, 15) is 13.2 Å². The van der Waals surface area contributed by atoms with E-state index in [4.69, 9.17) is 16.3 Å². The van der Waals surface area contributed by atoms with E-state index in [0.29, 0.717) is 23.0 Å². The molecule has 0 radical (unpaired) electrons. The first kappa shape index (κ1) is 23.6. The number of aryl methyl sites for hydroxylation is 1. The van der Waals surface area contributed by atoms with Gasteiger partial charge < -0.3 is 10.1 Å². The van der Waals surface area contributed by atoms with Gasteiger partial charge in [0.15, 0.2) is 0 Å². The molecule has 168 valence electrons. The number of benzene rings is 3. The molecule has 1 N–H and O–H groups in total. The summed E-state index contributed by atoms with van der Waals surface area (Å²) in [5.74, 6) is 0.217. The van der Waals surface area contributed by atoms with Gasteiger partial charge in [-0.1, -0.05) is 41.9 Å². The number of rotatable bonds is 10. The number of amides is 1. The smallest absolute Gasteiger partial charge is 0.264 e. The molecule has 0 aliphatic rings. The second-order valence-electron chi connectivity index (χ2n) is 7.10. The molecule has 3 aromatic rings. The van der Waals surface area contributed by atoms with Gasteiger partial charge in [0.05, 0.1) is 17.7 Å². The number of halogens is 1. The van der Waals surface area contributed by atoms with E-state index >= 15 is 0 Å². The average molecular weight is 473 g/mol. The molecule has 3 aromatic carbocycles. The minimum absolute atomic E-state index is 0.117. The van der Waals surface area contributed by atoms with Crippen molar-refractivity contribution in [2.24, 2.45) is 0 Å². The number of carbonyl (C=O) groups excluding carboxylic acids is 1. The van der Waals surface area contributed by atoms with E-state index in [1.807, 2.05) is 24.3 Å². The molecular weight excluding hydrogens is 448 g/mol. The van der Waals surface area contributed by atoms with Gasteiger partial charge in [0.1, 0.15) is 12.3 Å². The summed E-state index contributed by atoms with van der Waals surface area (Å²) < 4.78 is 32.8. The van der Waals surface area contributed by atoms with Crippen LogP contribution in [0.3, 0.4) is 0 Å². The number of carbonyl (C=O) groups is 1. The molecule has 0 saturated carbocycles. The summed E-state index contributed by atoms with van der Waals surface area (Å²) >= 11 is 5.89. The minimum atomic E-state index is -3.93. The van der Waals surface area contributed by atoms with Crippen molar-refractivity contribution >= 4 is 33.2 Å². The van der Waals surface area contributed by atoms with Gasteiger partial charge in [0, 0.05) is 11.6 Å². The molecule has 0 aliphatic carbocycles. The van der Waals surface area contributed by atoms with E-state index in [1.54, 1.807) is 42.5 Å². The van der Waals surface area contributed by atoms with E-state index in [2.05, 4.69) is 5.32 Å². The third-order valence-corrected chi connectivity index (χ3v) is 6.90. The zero-order chi connectivity index (χ0) is 23.0. The predicted molar refractivity (Wildman–Crippen MR) is 127 cm³/mol. The molecule has 0 saturated heterocycles. The molecular formula is C24H25ClN2O4S. The highest BCUT2D eigenvalue weighted by Gasteiger charge is 2.27. The first-order valence-electron chi connectivity index (χ1n) is 10.1. The van der Waals surface area contributed by atoms with Crippen LogP contribution in [0.4, 0.5) is 5.69 Å². The number of methoxy groups -OCH3 is 1. The number of sulfonamides is 1. The van der Waals surface area contributed by atoms with Crippen molar-refractivity contribution in [3.8, 4) is 5.75 Å². The van der Waals surface area contributed by atoms with Crippen LogP contribution < -0.4 is 14.4 Å². The van der Waals surface area contributed by atoms with E-state index in [-0.39, 0.29) is 17.3 Å². The molecule has 0 heterocycles. The Kier molecular flexibility index (Phi) is 8.14. The second-order valence-corrected chi connectivity index (χ2v) is 9.40. The highest BCUT2D eigenvalue weighted by atomic mass is 35.5. The number of ether oxygens (including phenoxy) is 1. The summed E-state index contributed by atoms with van der Waals surface area (Å²) in [7, 11) is -2.39. The molecule has 0 atom stereocenters. The van der Waals surface area contributed by atoms with E-state index < -0.39 is 10.0 Å². The first-order chi connectivity index (χ1) is 15.4. The molecule has 0 aliphatic heterocycles. The van der Waals surface area contributed by atoms with Gasteiger partial charge in [-0.3, -0.25) is 9.10 Å². The van der Waals surface area contributed by atoms with Crippen LogP contribution in [0, 0.1) is 0 Å². The lowest BCUT2D eigenvalue weighted by molar-refractivity contribution is -0.119. The van der Waals surface area contributed by atoms with Gasteiger partial charge in [-0.25, -0.2) is 8.42 Å². The Morgan fingerprint density at radius 2 is 1.62 bits per heavy atom. The SMILES string of the molecule is COc1ccc(N(CC(=O)NCCCc2ccc(Cl)cc2)S(=O)(=O)c2ccccc2)cc1. The Labute approximate surface area is 193 Å². The molecule has 3 rings (SSSR count). The third kappa shape index (κ3) is 6.24. The molecule has 0 unspecified atom stereocenters. The molecule has 0 aromatic heterocycles. The van der Waals surface area contributed by atoms with Crippen LogP contribution in [-0.4, -0.2) is 34.5 Å². The van der Waals surface area contributed by atoms with Crippen molar-refractivity contribution in [2.75, 3.05) is 24.5 Å². The molecule has 8 heteroatoms. The van der Waals surface area contributed by atoms with Crippen LogP contribution in [0.2, 0.25) is 5.02 Å². The largest absolute Gasteiger partial charge is 0.497 e. The maximum absolute atomic E-state index is 13.3. The number of anilines is 1. The second kappa shape index (κ2) is 11.0. The van der Waals surface area contributed by atoms with Crippen molar-refractivity contribution < 1.29 is 17.9 Å². The summed E-state index contributed by atoms with van der Waals surface area (Å²) in [5, 5.41) is 3.50. The minimum Gasteiger partial charge on any atom is -0.497 e. The Morgan fingerprint density at radius 3 is 2.25 bits per heavy atom. The molecule has 0 bridgehead atoms. The Bertz CT molecular complexity index is 1120. The van der Waals surface area contributed by atoms with Crippen molar-refractivity contribution in [1.29, 1.82) is 0 Å². The first-order valence-corrected chi connectivity index (χ1v) is 11.9. The fraction of sp³-hybridized carbons (Fsp3) is 0.208. The van der Waals surface area contributed by atoms with Gasteiger partial charge in [-0.2, -0.15) is 0 Å². The van der Waals surface area contributed by atoms with Crippen molar-refractivity contribution in [3.63, 3.8) is 0 Å². The van der Waals surface area contributed by atoms with Crippen molar-refractivity contribution in [2.45, 2.75) is 17.7 Å². The standard InChI is InChI=1S/C24H25ClN2O4S/c1-31-22-15-13-21(14-16-22)27(32(29,30)23-7-3-2-4-8-23)18-24(28)26-17-5-6-19-9-11-20(25)12-10-19/h2-4,7-16H,5-6,17-18H2,1H3,(H,26,28). The topological polar surface area (TPSA) is 75.7 Å². The third-order valence-electron chi connectivity index (χ3n) is 4.86. The van der Waals surface area contributed by atoms with Gasteiger partial charge in [-0.15, -0.1) is 0 Å². The van der Waals surface area contributed by atoms with Crippen LogP contribution in [0.15, 0.2) is 83.8 Å². The highest BCUT2D eigenvalue weighted by Crippen LogP contribution is 2.25. The van der Waals surface area contributed by atoms with Crippen molar-refractivity contribution in [3.05, 3.63) is 89.4 Å². The number of nitrogens with zero attached hydrogens (tertiary/aromatic N) is 1. The summed E-state index contributed by atoms with van der Waals surface area (Å²) in [6, 6.07) is 22.2. The number of hydrogen-bond acceptors (Lipinski definition) is 4. The van der Waals surface area contributed by atoms with Crippen LogP contribution in [0.1, 0.15) is 12.0 Å². The number of nitrogens with one attached hydrogen (secondary N) is 1. The molecule has 6 nitrogen and oxygen atoms in total. The lowest BCUT2D eigenvalue weighted by Crippen LogP contribution is -2.41.